The summed E-state index contributed by atoms with van der Waals surface area (Å²) in [6, 6.07) is 5.91. The molecule has 7 nitrogen and oxygen atoms in total. The molecule has 4 heterocycles. The van der Waals surface area contributed by atoms with Gasteiger partial charge in [-0.25, -0.2) is 18.4 Å². The summed E-state index contributed by atoms with van der Waals surface area (Å²) in [6.45, 7) is 2.85. The van der Waals surface area contributed by atoms with Gasteiger partial charge in [0.25, 0.3) is 0 Å². The molecule has 2 saturated heterocycles. The largest absolute Gasteiger partial charge is 0.356 e. The van der Waals surface area contributed by atoms with Crippen LogP contribution >= 0.6 is 0 Å². The Balaban J connectivity index is 1.56. The van der Waals surface area contributed by atoms with Crippen molar-refractivity contribution in [2.75, 3.05) is 30.3 Å². The van der Waals surface area contributed by atoms with Crippen LogP contribution in [-0.2, 0) is 16.4 Å². The highest BCUT2D eigenvalue weighted by Gasteiger charge is 2.42. The minimum Gasteiger partial charge on any atom is -0.356 e. The summed E-state index contributed by atoms with van der Waals surface area (Å²) >= 11 is 0. The molecule has 2 aliphatic heterocycles. The van der Waals surface area contributed by atoms with Crippen molar-refractivity contribution in [3.8, 4) is 0 Å². The van der Waals surface area contributed by atoms with Crippen LogP contribution in [0.2, 0.25) is 0 Å². The molecule has 2 atom stereocenters. The summed E-state index contributed by atoms with van der Waals surface area (Å²) in [7, 11) is -3.05. The molecule has 0 unspecified atom stereocenters. The summed E-state index contributed by atoms with van der Waals surface area (Å²) in [4.78, 5) is 17.0. The van der Waals surface area contributed by atoms with E-state index in [0.29, 0.717) is 19.5 Å². The molecular weight excluding hydrogens is 350 g/mol. The quantitative estimate of drug-likeness (QED) is 0.798. The lowest BCUT2D eigenvalue weighted by atomic mass is 10.1. The van der Waals surface area contributed by atoms with Crippen LogP contribution in [0.15, 0.2) is 43.1 Å². The predicted octanol–water partition coefficient (Wildman–Crippen LogP) is 1.14. The van der Waals surface area contributed by atoms with E-state index in [1.807, 2.05) is 18.3 Å². The van der Waals surface area contributed by atoms with E-state index in [2.05, 4.69) is 30.8 Å². The number of nitrogens with zero attached hydrogens (tertiary/aromatic N) is 5. The Hall–Kier alpha value is -2.06. The third-order valence-electron chi connectivity index (χ3n) is 5.40. The molecule has 0 bridgehead atoms. The maximum absolute atomic E-state index is 12.7. The van der Waals surface area contributed by atoms with Crippen molar-refractivity contribution in [1.29, 1.82) is 0 Å². The first-order chi connectivity index (χ1) is 12.6. The van der Waals surface area contributed by atoms with Crippen molar-refractivity contribution in [3.05, 3.63) is 48.7 Å². The van der Waals surface area contributed by atoms with Gasteiger partial charge < -0.3 is 4.90 Å². The fraction of sp³-hybridized carbons (Fsp3) is 0.500. The van der Waals surface area contributed by atoms with Gasteiger partial charge in [0.05, 0.1) is 11.0 Å². The van der Waals surface area contributed by atoms with Crippen molar-refractivity contribution >= 4 is 15.7 Å². The second kappa shape index (κ2) is 7.28. The van der Waals surface area contributed by atoms with Crippen LogP contribution in [0.3, 0.4) is 0 Å². The highest BCUT2D eigenvalue weighted by Crippen LogP contribution is 2.30. The van der Waals surface area contributed by atoms with Crippen LogP contribution in [0.4, 0.5) is 5.82 Å². The molecule has 0 spiro atoms. The van der Waals surface area contributed by atoms with Crippen molar-refractivity contribution in [1.82, 2.24) is 19.9 Å². The summed E-state index contributed by atoms with van der Waals surface area (Å²) in [5, 5.41) is -0.306. The SMILES string of the molecule is O=S1(=O)CCN(Cc2cccnc2)[C@H]2CCN(c3ccncn3)CC[C@H]21. The Morgan fingerprint density at radius 2 is 1.96 bits per heavy atom. The van der Waals surface area contributed by atoms with Crippen LogP contribution in [0.1, 0.15) is 18.4 Å². The first kappa shape index (κ1) is 17.4. The van der Waals surface area contributed by atoms with Crippen LogP contribution in [0, 0.1) is 0 Å². The number of aromatic nitrogens is 3. The van der Waals surface area contributed by atoms with Crippen LogP contribution < -0.4 is 4.90 Å². The van der Waals surface area contributed by atoms with Gasteiger partial charge in [-0.1, -0.05) is 6.07 Å². The maximum Gasteiger partial charge on any atom is 0.156 e. The van der Waals surface area contributed by atoms with Gasteiger partial charge in [-0.05, 0) is 30.5 Å². The summed E-state index contributed by atoms with van der Waals surface area (Å²) < 4.78 is 25.5. The minimum atomic E-state index is -3.05. The number of pyridine rings is 1. The second-order valence-corrected chi connectivity index (χ2v) is 9.28. The Labute approximate surface area is 154 Å². The molecule has 2 aromatic rings. The van der Waals surface area contributed by atoms with Gasteiger partial charge in [0, 0.05) is 50.8 Å². The highest BCUT2D eigenvalue weighted by molar-refractivity contribution is 7.92. The molecule has 2 fully saturated rings. The van der Waals surface area contributed by atoms with Crippen molar-refractivity contribution in [3.63, 3.8) is 0 Å². The van der Waals surface area contributed by atoms with Gasteiger partial charge >= 0.3 is 0 Å². The molecule has 0 aliphatic carbocycles. The van der Waals surface area contributed by atoms with E-state index in [4.69, 9.17) is 0 Å². The van der Waals surface area contributed by atoms with E-state index in [0.717, 1.165) is 30.9 Å². The Morgan fingerprint density at radius 3 is 2.73 bits per heavy atom. The molecule has 138 valence electrons. The lowest BCUT2D eigenvalue weighted by Crippen LogP contribution is -2.54. The van der Waals surface area contributed by atoms with E-state index in [9.17, 15) is 8.42 Å². The zero-order valence-corrected chi connectivity index (χ0v) is 15.4. The zero-order chi connectivity index (χ0) is 18.0. The zero-order valence-electron chi connectivity index (χ0n) is 14.6. The van der Waals surface area contributed by atoms with Crippen molar-refractivity contribution in [2.45, 2.75) is 30.7 Å². The fourth-order valence-electron chi connectivity index (χ4n) is 4.08. The monoisotopic (exact) mass is 373 g/mol. The average Bonchev–Trinajstić information content (AvgIpc) is 2.90. The molecule has 0 aromatic carbocycles. The predicted molar refractivity (Wildman–Crippen MR) is 99.5 cm³/mol. The molecule has 2 aromatic heterocycles. The number of sulfone groups is 1. The van der Waals surface area contributed by atoms with Gasteiger partial charge in [0.2, 0.25) is 0 Å². The minimum absolute atomic E-state index is 0.0424. The number of hydrogen-bond donors (Lipinski definition) is 0. The van der Waals surface area contributed by atoms with Crippen LogP contribution in [0.5, 0.6) is 0 Å². The average molecular weight is 373 g/mol. The lowest BCUT2D eigenvalue weighted by Gasteiger charge is -2.40. The number of fused-ring (bicyclic) bond motifs is 1. The topological polar surface area (TPSA) is 79.3 Å². The highest BCUT2D eigenvalue weighted by atomic mass is 32.2. The lowest BCUT2D eigenvalue weighted by molar-refractivity contribution is 0.175. The standard InChI is InChI=1S/C18H23N5O2S/c24-26(25)11-10-23(13-15-2-1-6-19-12-15)16-4-8-22(9-5-17(16)26)18-3-7-20-14-21-18/h1-3,6-7,12,14,16-17H,4-5,8-11,13H2/t16-,17+/m0/s1. The molecule has 0 N–H and O–H groups in total. The molecule has 0 saturated carbocycles. The first-order valence-electron chi connectivity index (χ1n) is 8.99. The van der Waals surface area contributed by atoms with E-state index >= 15 is 0 Å². The Kier molecular flexibility index (Phi) is 4.86. The smallest absolute Gasteiger partial charge is 0.156 e. The van der Waals surface area contributed by atoms with Gasteiger partial charge in [-0.2, -0.15) is 0 Å². The van der Waals surface area contributed by atoms with Gasteiger partial charge in [0.1, 0.15) is 12.1 Å². The summed E-state index contributed by atoms with van der Waals surface area (Å²) in [6.07, 6.45) is 8.35. The number of anilines is 1. The van der Waals surface area contributed by atoms with Gasteiger partial charge in [-0.15, -0.1) is 0 Å². The summed E-state index contributed by atoms with van der Waals surface area (Å²) in [5.41, 5.74) is 1.13. The van der Waals surface area contributed by atoms with Crippen molar-refractivity contribution in [2.24, 2.45) is 0 Å². The van der Waals surface area contributed by atoms with Crippen LogP contribution in [-0.4, -0.2) is 64.9 Å². The molecule has 0 amide bonds. The van der Waals surface area contributed by atoms with Crippen LogP contribution in [0.25, 0.3) is 0 Å². The molecule has 2 aliphatic rings. The Bertz CT molecular complexity index is 831. The van der Waals surface area contributed by atoms with Gasteiger partial charge in [-0.3, -0.25) is 9.88 Å². The maximum atomic E-state index is 12.7. The van der Waals surface area contributed by atoms with Crippen molar-refractivity contribution < 1.29 is 8.42 Å². The normalized spacial score (nSPS) is 26.1. The first-order valence-corrected chi connectivity index (χ1v) is 10.7. The third kappa shape index (κ3) is 3.57. The number of hydrogen-bond acceptors (Lipinski definition) is 7. The third-order valence-corrected chi connectivity index (χ3v) is 7.62. The van der Waals surface area contributed by atoms with E-state index < -0.39 is 9.84 Å². The molecule has 4 rings (SSSR count). The number of rotatable bonds is 3. The molecule has 8 heteroatoms. The Morgan fingerprint density at radius 1 is 1.08 bits per heavy atom. The van der Waals surface area contributed by atoms with E-state index in [-0.39, 0.29) is 17.0 Å². The summed E-state index contributed by atoms with van der Waals surface area (Å²) in [5.74, 6) is 1.11. The molecule has 26 heavy (non-hydrogen) atoms. The molecular formula is C18H23N5O2S. The van der Waals surface area contributed by atoms with Gasteiger partial charge in [0.15, 0.2) is 9.84 Å². The van der Waals surface area contributed by atoms with E-state index in [1.54, 1.807) is 18.7 Å². The molecule has 0 radical (unpaired) electrons. The second-order valence-electron chi connectivity index (χ2n) is 6.94. The van der Waals surface area contributed by atoms with E-state index in [1.165, 1.54) is 0 Å². The fourth-order valence-corrected chi connectivity index (χ4v) is 6.13.